The summed E-state index contributed by atoms with van der Waals surface area (Å²) in [6.45, 7) is 15.5. The van der Waals surface area contributed by atoms with Gasteiger partial charge in [-0.15, -0.1) is 0 Å². The van der Waals surface area contributed by atoms with Gasteiger partial charge in [-0.1, -0.05) is 32.9 Å². The van der Waals surface area contributed by atoms with Crippen LogP contribution < -0.4 is 5.73 Å². The molecule has 0 amide bonds. The first-order valence-electron chi connectivity index (χ1n) is 12.6. The number of carboxylic acid groups (broad SMARTS) is 1. The number of imidazole rings is 1. The first kappa shape index (κ1) is 30.7. The molecule has 0 aromatic carbocycles. The number of nitrogens with zero attached hydrogens (tertiary/aromatic N) is 6. The summed E-state index contributed by atoms with van der Waals surface area (Å²) in [7, 11) is -3.86. The van der Waals surface area contributed by atoms with Crippen LogP contribution in [0.3, 0.4) is 0 Å². The normalized spacial score (nSPS) is 15.4. The summed E-state index contributed by atoms with van der Waals surface area (Å²) in [6, 6.07) is -1.47. The lowest BCUT2D eigenvalue weighted by molar-refractivity contribution is -0.141. The van der Waals surface area contributed by atoms with Crippen LogP contribution >= 0.6 is 7.52 Å². The Labute approximate surface area is 219 Å². The van der Waals surface area contributed by atoms with Crippen LogP contribution in [0.15, 0.2) is 17.8 Å². The zero-order valence-electron chi connectivity index (χ0n) is 23.2. The van der Waals surface area contributed by atoms with E-state index in [1.54, 1.807) is 24.7 Å². The van der Waals surface area contributed by atoms with E-state index in [9.17, 15) is 14.5 Å². The Hall–Kier alpha value is -2.56. The Morgan fingerprint density at radius 2 is 1.73 bits per heavy atom. The van der Waals surface area contributed by atoms with Crippen molar-refractivity contribution < 1.29 is 23.8 Å². The van der Waals surface area contributed by atoms with Gasteiger partial charge >= 0.3 is 13.5 Å². The maximum Gasteiger partial charge on any atom is 0.367 e. The molecule has 2 heterocycles. The molecule has 3 atom stereocenters. The molecule has 1 unspecified atom stereocenters. The summed E-state index contributed by atoms with van der Waals surface area (Å²) in [5, 5.41) is 14.0. The van der Waals surface area contributed by atoms with Gasteiger partial charge in [-0.3, -0.25) is 9.36 Å². The van der Waals surface area contributed by atoms with E-state index in [1.807, 2.05) is 6.92 Å². The van der Waals surface area contributed by atoms with Crippen LogP contribution in [0.4, 0.5) is 5.82 Å². The van der Waals surface area contributed by atoms with Crippen LogP contribution in [0.5, 0.6) is 0 Å². The van der Waals surface area contributed by atoms with Gasteiger partial charge in [0.2, 0.25) is 0 Å². The van der Waals surface area contributed by atoms with E-state index in [0.717, 1.165) is 5.71 Å². The van der Waals surface area contributed by atoms with Gasteiger partial charge in [-0.2, -0.15) is 0 Å². The molecule has 0 saturated carbocycles. The Balaban J connectivity index is 2.31. The number of aliphatic carboxylic acids is 1. The van der Waals surface area contributed by atoms with E-state index in [-0.39, 0.29) is 12.2 Å². The van der Waals surface area contributed by atoms with E-state index in [4.69, 9.17) is 15.1 Å². The van der Waals surface area contributed by atoms with E-state index in [1.165, 1.54) is 17.9 Å². The molecular weight excluding hydrogens is 497 g/mol. The van der Waals surface area contributed by atoms with Gasteiger partial charge < -0.3 is 24.8 Å². The second-order valence-electron chi connectivity index (χ2n) is 10.5. The molecule has 0 saturated heterocycles. The second-order valence-corrected chi connectivity index (χ2v) is 12.7. The number of hydrogen-bond donors (Lipinski definition) is 2. The molecule has 0 radical (unpaired) electrons. The number of hydrogen-bond acceptors (Lipinski definition) is 9. The highest BCUT2D eigenvalue weighted by Crippen LogP contribution is 2.54. The predicted molar refractivity (Wildman–Crippen MR) is 144 cm³/mol. The standard InChI is InChI=1S/C24H42N7O5P/c1-15(2)9-20(10-16(3)4)29-36-37(34,31(17(5)6)19(8)24(32)33)14-35-18(7)11-30-13-28-21-22(25)26-12-27-23(21)30/h12-13,15-19H,9-11,14H2,1-8H3,(H,32,33)(H2,25,26,27)/t18-,19-,37?/m0/s1. The second kappa shape index (κ2) is 13.3. The first-order chi connectivity index (χ1) is 17.2. The average molecular weight is 540 g/mol. The van der Waals surface area contributed by atoms with Crippen LogP contribution in [0.25, 0.3) is 11.2 Å². The summed E-state index contributed by atoms with van der Waals surface area (Å²) in [5.74, 6) is -0.166. The lowest BCUT2D eigenvalue weighted by Crippen LogP contribution is -2.42. The minimum Gasteiger partial charge on any atom is -0.480 e. The van der Waals surface area contributed by atoms with Crippen molar-refractivity contribution in [1.29, 1.82) is 0 Å². The number of oxime groups is 1. The van der Waals surface area contributed by atoms with Crippen LogP contribution in [0.2, 0.25) is 0 Å². The fourth-order valence-electron chi connectivity index (χ4n) is 4.11. The number of aromatic nitrogens is 4. The molecule has 0 aliphatic rings. The van der Waals surface area contributed by atoms with E-state index < -0.39 is 31.7 Å². The third-order valence-electron chi connectivity index (χ3n) is 5.63. The molecule has 2 aromatic heterocycles. The molecule has 0 spiro atoms. The van der Waals surface area contributed by atoms with Crippen molar-refractivity contribution >= 4 is 36.2 Å². The molecule has 208 valence electrons. The zero-order valence-corrected chi connectivity index (χ0v) is 24.1. The molecule has 0 aliphatic heterocycles. The molecule has 0 aliphatic carbocycles. The maximum absolute atomic E-state index is 14.3. The summed E-state index contributed by atoms with van der Waals surface area (Å²) < 4.78 is 29.2. The van der Waals surface area contributed by atoms with Crippen LogP contribution in [-0.4, -0.2) is 65.5 Å². The SMILES string of the molecule is CC(C)CC(CC(C)C)=NOP(=O)(CO[C@@H](C)Cn1cnc2c(N)ncnc21)N(C(C)C)[C@@H](C)C(=O)O. The molecule has 2 aromatic rings. The molecule has 3 N–H and O–H groups in total. The molecule has 0 bridgehead atoms. The van der Waals surface area contributed by atoms with Crippen molar-refractivity contribution in [3.63, 3.8) is 0 Å². The Morgan fingerprint density at radius 1 is 1.11 bits per heavy atom. The highest BCUT2D eigenvalue weighted by Gasteiger charge is 2.42. The predicted octanol–water partition coefficient (Wildman–Crippen LogP) is 4.61. The van der Waals surface area contributed by atoms with Crippen molar-refractivity contribution in [2.24, 2.45) is 17.0 Å². The fraction of sp³-hybridized carbons (Fsp3) is 0.708. The van der Waals surface area contributed by atoms with Crippen molar-refractivity contribution in [3.8, 4) is 0 Å². The zero-order chi connectivity index (χ0) is 27.9. The number of carboxylic acids is 1. The highest BCUT2D eigenvalue weighted by atomic mass is 31.2. The van der Waals surface area contributed by atoms with E-state index in [0.29, 0.717) is 42.4 Å². The third kappa shape index (κ3) is 8.48. The van der Waals surface area contributed by atoms with Gasteiger partial charge in [-0.05, 0) is 52.4 Å². The molecule has 2 rings (SSSR count). The van der Waals surface area contributed by atoms with Gasteiger partial charge in [0.05, 0.1) is 24.7 Å². The molecule has 13 heteroatoms. The van der Waals surface area contributed by atoms with Crippen molar-refractivity contribution in [2.75, 3.05) is 12.1 Å². The lowest BCUT2D eigenvalue weighted by Gasteiger charge is -2.35. The van der Waals surface area contributed by atoms with E-state index in [2.05, 4.69) is 47.8 Å². The van der Waals surface area contributed by atoms with Crippen molar-refractivity contribution in [1.82, 2.24) is 24.2 Å². The van der Waals surface area contributed by atoms with Crippen LogP contribution in [0.1, 0.15) is 68.2 Å². The minimum atomic E-state index is -3.86. The van der Waals surface area contributed by atoms with Gasteiger partial charge in [-0.25, -0.2) is 19.6 Å². The summed E-state index contributed by atoms with van der Waals surface area (Å²) in [5.41, 5.74) is 7.70. The smallest absolute Gasteiger partial charge is 0.367 e. The Bertz CT molecular complexity index is 1110. The molecule has 0 fully saturated rings. The number of ether oxygens (including phenoxy) is 1. The van der Waals surface area contributed by atoms with Crippen LogP contribution in [0, 0.1) is 11.8 Å². The number of fused-ring (bicyclic) bond motifs is 1. The Kier molecular flexibility index (Phi) is 11.0. The summed E-state index contributed by atoms with van der Waals surface area (Å²) in [6.07, 6.45) is 3.55. The molecule has 12 nitrogen and oxygen atoms in total. The molecule has 37 heavy (non-hydrogen) atoms. The van der Waals surface area contributed by atoms with Gasteiger partial charge in [0.25, 0.3) is 0 Å². The van der Waals surface area contributed by atoms with E-state index >= 15 is 0 Å². The van der Waals surface area contributed by atoms with Crippen molar-refractivity contribution in [3.05, 3.63) is 12.7 Å². The monoisotopic (exact) mass is 539 g/mol. The number of rotatable bonds is 15. The summed E-state index contributed by atoms with van der Waals surface area (Å²) >= 11 is 0. The average Bonchev–Trinajstić information content (AvgIpc) is 3.19. The third-order valence-corrected chi connectivity index (χ3v) is 7.95. The number of anilines is 1. The maximum atomic E-state index is 14.3. The number of carbonyl (C=O) groups is 1. The minimum absolute atomic E-state index is 0.280. The largest absolute Gasteiger partial charge is 0.480 e. The fourth-order valence-corrected chi connectivity index (χ4v) is 6.39. The number of nitrogen functional groups attached to an aromatic ring is 1. The van der Waals surface area contributed by atoms with Gasteiger partial charge in [0, 0.05) is 6.04 Å². The van der Waals surface area contributed by atoms with Gasteiger partial charge in [0.15, 0.2) is 11.5 Å². The lowest BCUT2D eigenvalue weighted by atomic mass is 9.99. The number of nitrogens with two attached hydrogens (primary N) is 1. The van der Waals surface area contributed by atoms with Crippen LogP contribution in [-0.2, 0) is 25.3 Å². The summed E-state index contributed by atoms with van der Waals surface area (Å²) in [4.78, 5) is 24.3. The molecular formula is C24H42N7O5P. The first-order valence-corrected chi connectivity index (χ1v) is 14.4. The topological polar surface area (TPSA) is 158 Å². The van der Waals surface area contributed by atoms with Crippen molar-refractivity contribution in [2.45, 2.75) is 93.0 Å². The quantitative estimate of drug-likeness (QED) is 0.186. The van der Waals surface area contributed by atoms with Gasteiger partial charge in [0.1, 0.15) is 24.2 Å². The Morgan fingerprint density at radius 3 is 2.27 bits per heavy atom. The highest BCUT2D eigenvalue weighted by molar-refractivity contribution is 7.56.